The van der Waals surface area contributed by atoms with E-state index < -0.39 is 6.10 Å². The Morgan fingerprint density at radius 2 is 2.21 bits per heavy atom. The zero-order chi connectivity index (χ0) is 16.9. The molecule has 1 unspecified atom stereocenters. The van der Waals surface area contributed by atoms with Crippen LogP contribution in [-0.2, 0) is 17.6 Å². The molecule has 1 aliphatic heterocycles. The van der Waals surface area contributed by atoms with E-state index in [0.717, 1.165) is 18.4 Å². The van der Waals surface area contributed by atoms with Gasteiger partial charge in [0.2, 0.25) is 5.89 Å². The van der Waals surface area contributed by atoms with E-state index in [0.29, 0.717) is 43.6 Å². The summed E-state index contributed by atoms with van der Waals surface area (Å²) in [5.41, 5.74) is 0.967. The molecular weight excluding hydrogens is 306 g/mol. The van der Waals surface area contributed by atoms with Gasteiger partial charge in [-0.1, -0.05) is 35.5 Å². The molecule has 128 valence electrons. The smallest absolute Gasteiger partial charge is 0.251 e. The number of carbonyl (C=O) groups excluding carboxylic acids is 1. The molecule has 0 aliphatic carbocycles. The summed E-state index contributed by atoms with van der Waals surface area (Å²) < 4.78 is 5.00. The predicted octanol–water partition coefficient (Wildman–Crippen LogP) is 1.76. The summed E-state index contributed by atoms with van der Waals surface area (Å²) >= 11 is 0. The second-order valence-electron chi connectivity index (χ2n) is 6.43. The molecule has 3 rings (SSSR count). The van der Waals surface area contributed by atoms with Gasteiger partial charge in [0.05, 0.1) is 0 Å². The van der Waals surface area contributed by atoms with Crippen molar-refractivity contribution >= 4 is 5.91 Å². The van der Waals surface area contributed by atoms with E-state index in [1.54, 1.807) is 11.8 Å². The summed E-state index contributed by atoms with van der Waals surface area (Å²) in [6.45, 7) is 3.11. The van der Waals surface area contributed by atoms with Crippen molar-refractivity contribution in [3.05, 3.63) is 47.6 Å². The van der Waals surface area contributed by atoms with Gasteiger partial charge in [-0.05, 0) is 24.3 Å². The molecule has 24 heavy (non-hydrogen) atoms. The molecule has 1 aromatic carbocycles. The molecule has 6 heteroatoms. The maximum Gasteiger partial charge on any atom is 0.251 e. The Kier molecular flexibility index (Phi) is 5.25. The fourth-order valence-corrected chi connectivity index (χ4v) is 3.25. The lowest BCUT2D eigenvalue weighted by Gasteiger charge is -2.33. The van der Waals surface area contributed by atoms with Crippen LogP contribution in [0.5, 0.6) is 0 Å². The van der Waals surface area contributed by atoms with Crippen molar-refractivity contribution in [2.45, 2.75) is 38.7 Å². The molecule has 0 saturated carbocycles. The van der Waals surface area contributed by atoms with Crippen LogP contribution in [0.3, 0.4) is 0 Å². The number of aliphatic hydroxyl groups excluding tert-OH is 1. The van der Waals surface area contributed by atoms with Gasteiger partial charge in [0.1, 0.15) is 6.10 Å². The highest BCUT2D eigenvalue weighted by atomic mass is 16.5. The van der Waals surface area contributed by atoms with E-state index in [1.165, 1.54) is 0 Å². The van der Waals surface area contributed by atoms with E-state index in [4.69, 9.17) is 4.52 Å². The fraction of sp³-hybridized carbons (Fsp3) is 0.500. The molecule has 2 aromatic rings. The third-order valence-corrected chi connectivity index (χ3v) is 4.43. The van der Waals surface area contributed by atoms with Crippen molar-refractivity contribution in [1.82, 2.24) is 15.0 Å². The number of hydrogen-bond acceptors (Lipinski definition) is 5. The van der Waals surface area contributed by atoms with E-state index in [1.807, 2.05) is 30.3 Å². The number of hydrogen-bond donors (Lipinski definition) is 1. The van der Waals surface area contributed by atoms with Crippen LogP contribution in [0.2, 0.25) is 0 Å². The van der Waals surface area contributed by atoms with Crippen LogP contribution in [0.15, 0.2) is 34.9 Å². The lowest BCUT2D eigenvalue weighted by Crippen LogP contribution is -2.46. The standard InChI is InChI=1S/C18H23N3O3/c1-13-19-17(20-24-13)11-15-8-5-9-21(12-15)18(23)16(22)10-14-6-3-2-4-7-14/h2-4,6-7,15-16,22H,5,8-12H2,1H3/t15?,16-/m0/s1. The summed E-state index contributed by atoms with van der Waals surface area (Å²) in [5, 5.41) is 14.2. The number of amides is 1. The zero-order valence-electron chi connectivity index (χ0n) is 13.9. The minimum Gasteiger partial charge on any atom is -0.383 e. The maximum atomic E-state index is 12.5. The Labute approximate surface area is 141 Å². The fourth-order valence-electron chi connectivity index (χ4n) is 3.25. The lowest BCUT2D eigenvalue weighted by atomic mass is 9.94. The first-order chi connectivity index (χ1) is 11.6. The van der Waals surface area contributed by atoms with Crippen LogP contribution < -0.4 is 0 Å². The van der Waals surface area contributed by atoms with E-state index >= 15 is 0 Å². The molecule has 6 nitrogen and oxygen atoms in total. The number of benzene rings is 1. The summed E-state index contributed by atoms with van der Waals surface area (Å²) in [6, 6.07) is 9.60. The summed E-state index contributed by atoms with van der Waals surface area (Å²) in [4.78, 5) is 18.5. The number of aliphatic hydroxyl groups is 1. The van der Waals surface area contributed by atoms with E-state index in [-0.39, 0.29) is 5.91 Å². The number of likely N-dealkylation sites (tertiary alicyclic amines) is 1. The molecule has 1 saturated heterocycles. The van der Waals surface area contributed by atoms with Gasteiger partial charge in [0.15, 0.2) is 5.82 Å². The first-order valence-corrected chi connectivity index (χ1v) is 8.42. The highest BCUT2D eigenvalue weighted by Gasteiger charge is 2.28. The molecule has 2 atom stereocenters. The number of carbonyl (C=O) groups is 1. The van der Waals surface area contributed by atoms with Gasteiger partial charge in [-0.25, -0.2) is 0 Å². The Morgan fingerprint density at radius 1 is 1.42 bits per heavy atom. The first-order valence-electron chi connectivity index (χ1n) is 8.42. The summed E-state index contributed by atoms with van der Waals surface area (Å²) in [7, 11) is 0. The topological polar surface area (TPSA) is 79.5 Å². The Balaban J connectivity index is 1.56. The average Bonchev–Trinajstić information content (AvgIpc) is 3.00. The van der Waals surface area contributed by atoms with Crippen LogP contribution in [0.25, 0.3) is 0 Å². The van der Waals surface area contributed by atoms with Gasteiger partial charge in [-0.3, -0.25) is 4.79 Å². The number of aromatic nitrogens is 2. The van der Waals surface area contributed by atoms with Crippen molar-refractivity contribution < 1.29 is 14.4 Å². The lowest BCUT2D eigenvalue weighted by molar-refractivity contribution is -0.142. The van der Waals surface area contributed by atoms with E-state index in [9.17, 15) is 9.90 Å². The van der Waals surface area contributed by atoms with Crippen LogP contribution in [-0.4, -0.2) is 45.2 Å². The van der Waals surface area contributed by atoms with Crippen LogP contribution in [0.4, 0.5) is 0 Å². The largest absolute Gasteiger partial charge is 0.383 e. The molecule has 1 amide bonds. The van der Waals surface area contributed by atoms with Gasteiger partial charge >= 0.3 is 0 Å². The Bertz CT molecular complexity index is 671. The first kappa shape index (κ1) is 16.6. The van der Waals surface area contributed by atoms with Crippen molar-refractivity contribution in [3.63, 3.8) is 0 Å². The Hall–Kier alpha value is -2.21. The van der Waals surface area contributed by atoms with E-state index in [2.05, 4.69) is 10.1 Å². The predicted molar refractivity (Wildman–Crippen MR) is 88.2 cm³/mol. The van der Waals surface area contributed by atoms with Gasteiger partial charge in [0.25, 0.3) is 5.91 Å². The highest BCUT2D eigenvalue weighted by Crippen LogP contribution is 2.21. The molecule has 1 aliphatic rings. The van der Waals surface area contributed by atoms with Crippen LogP contribution in [0.1, 0.15) is 30.1 Å². The maximum absolute atomic E-state index is 12.5. The molecule has 1 fully saturated rings. The number of nitrogens with zero attached hydrogens (tertiary/aromatic N) is 3. The normalized spacial score (nSPS) is 19.2. The van der Waals surface area contributed by atoms with Crippen molar-refractivity contribution in [1.29, 1.82) is 0 Å². The number of aryl methyl sites for hydroxylation is 1. The highest BCUT2D eigenvalue weighted by molar-refractivity contribution is 5.81. The van der Waals surface area contributed by atoms with Gasteiger partial charge in [-0.2, -0.15) is 4.98 Å². The van der Waals surface area contributed by atoms with Crippen molar-refractivity contribution in [3.8, 4) is 0 Å². The molecule has 2 heterocycles. The van der Waals surface area contributed by atoms with Gasteiger partial charge < -0.3 is 14.5 Å². The third-order valence-electron chi connectivity index (χ3n) is 4.43. The number of rotatable bonds is 5. The monoisotopic (exact) mass is 329 g/mol. The second kappa shape index (κ2) is 7.57. The van der Waals surface area contributed by atoms with Gasteiger partial charge in [-0.15, -0.1) is 0 Å². The van der Waals surface area contributed by atoms with Crippen LogP contribution in [0, 0.1) is 12.8 Å². The number of piperidine rings is 1. The SMILES string of the molecule is Cc1nc(CC2CCCN(C(=O)[C@@H](O)Cc3ccccc3)C2)no1. The zero-order valence-corrected chi connectivity index (χ0v) is 13.9. The molecule has 1 aromatic heterocycles. The summed E-state index contributed by atoms with van der Waals surface area (Å²) in [5.74, 6) is 1.38. The minimum absolute atomic E-state index is 0.187. The molecule has 0 bridgehead atoms. The molecule has 0 radical (unpaired) electrons. The van der Waals surface area contributed by atoms with Crippen molar-refractivity contribution in [2.24, 2.45) is 5.92 Å². The summed E-state index contributed by atoms with van der Waals surface area (Å²) in [6.07, 6.45) is 2.04. The van der Waals surface area contributed by atoms with Gasteiger partial charge in [0, 0.05) is 32.9 Å². The second-order valence-corrected chi connectivity index (χ2v) is 6.43. The average molecular weight is 329 g/mol. The Morgan fingerprint density at radius 3 is 2.92 bits per heavy atom. The van der Waals surface area contributed by atoms with Crippen molar-refractivity contribution in [2.75, 3.05) is 13.1 Å². The molecular formula is C18H23N3O3. The van der Waals surface area contributed by atoms with Crippen LogP contribution >= 0.6 is 0 Å². The molecule has 1 N–H and O–H groups in total. The quantitative estimate of drug-likeness (QED) is 0.904. The minimum atomic E-state index is -0.987. The molecule has 0 spiro atoms. The third kappa shape index (κ3) is 4.20.